The normalized spacial score (nSPS) is 10.5. The molecular formula is C9H4F2N2O2. The quantitative estimate of drug-likeness (QED) is 0.762. The lowest BCUT2D eigenvalue weighted by Crippen LogP contribution is -2.01. The van der Waals surface area contributed by atoms with Crippen LogP contribution in [0.25, 0.3) is 11.1 Å². The molecule has 0 amide bonds. The fourth-order valence-corrected chi connectivity index (χ4v) is 1.15. The largest absolute Gasteiger partial charge is 0.409 e. The average molecular weight is 210 g/mol. The molecule has 2 rings (SSSR count). The summed E-state index contributed by atoms with van der Waals surface area (Å²) in [5.41, 5.74) is 0.709. The van der Waals surface area contributed by atoms with E-state index in [0.717, 1.165) is 0 Å². The maximum absolute atomic E-state index is 11.8. The van der Waals surface area contributed by atoms with Crippen molar-refractivity contribution in [3.8, 4) is 12.1 Å². The van der Waals surface area contributed by atoms with Crippen molar-refractivity contribution < 1.29 is 17.9 Å². The average Bonchev–Trinajstić information content (AvgIpc) is 2.58. The van der Waals surface area contributed by atoms with E-state index in [0.29, 0.717) is 0 Å². The third-order valence-electron chi connectivity index (χ3n) is 1.71. The fraction of sp³-hybridized carbons (Fsp3) is 0.111. The summed E-state index contributed by atoms with van der Waals surface area (Å²) < 4.78 is 32.5. The monoisotopic (exact) mass is 210 g/mol. The number of rotatable bonds is 2. The van der Waals surface area contributed by atoms with Gasteiger partial charge < -0.3 is 9.15 Å². The minimum atomic E-state index is -3.00. The van der Waals surface area contributed by atoms with Gasteiger partial charge in [0.15, 0.2) is 5.58 Å². The van der Waals surface area contributed by atoms with E-state index in [1.54, 1.807) is 6.07 Å². The summed E-state index contributed by atoms with van der Waals surface area (Å²) in [5, 5.41) is 8.71. The van der Waals surface area contributed by atoms with Gasteiger partial charge in [0.25, 0.3) is 0 Å². The minimum Gasteiger partial charge on any atom is -0.409 e. The molecule has 0 unspecified atom stereocenters. The first-order valence-corrected chi connectivity index (χ1v) is 3.95. The standard InChI is InChI=1S/C9H4F2N2O2/c10-8(11)15-9-13-7-5(4-12)2-1-3-6(7)14-9/h1-3,8H. The van der Waals surface area contributed by atoms with Crippen molar-refractivity contribution in [1.29, 1.82) is 5.26 Å². The Morgan fingerprint density at radius 2 is 2.27 bits per heavy atom. The number of hydrogen-bond acceptors (Lipinski definition) is 4. The summed E-state index contributed by atoms with van der Waals surface area (Å²) in [4.78, 5) is 3.63. The zero-order valence-corrected chi connectivity index (χ0v) is 7.28. The molecule has 2 aromatic rings. The maximum atomic E-state index is 11.8. The summed E-state index contributed by atoms with van der Waals surface area (Å²) >= 11 is 0. The van der Waals surface area contributed by atoms with Crippen LogP contribution in [0.3, 0.4) is 0 Å². The van der Waals surface area contributed by atoms with Crippen molar-refractivity contribution in [2.75, 3.05) is 0 Å². The molecule has 0 aliphatic heterocycles. The molecule has 1 heterocycles. The number of oxazole rings is 1. The van der Waals surface area contributed by atoms with Crippen molar-refractivity contribution in [2.45, 2.75) is 6.61 Å². The summed E-state index contributed by atoms with van der Waals surface area (Å²) in [6.07, 6.45) is -0.539. The Labute approximate surface area is 82.7 Å². The molecule has 6 heteroatoms. The molecule has 1 aromatic carbocycles. The van der Waals surface area contributed by atoms with Crippen molar-refractivity contribution in [3.05, 3.63) is 23.8 Å². The predicted octanol–water partition coefficient (Wildman–Crippen LogP) is 2.30. The molecule has 0 N–H and O–H groups in total. The van der Waals surface area contributed by atoms with E-state index in [-0.39, 0.29) is 16.7 Å². The van der Waals surface area contributed by atoms with Crippen LogP contribution < -0.4 is 4.74 Å². The highest BCUT2D eigenvalue weighted by atomic mass is 19.3. The van der Waals surface area contributed by atoms with Gasteiger partial charge in [0.1, 0.15) is 11.6 Å². The number of nitriles is 1. The number of aromatic nitrogens is 1. The number of halogens is 2. The molecule has 76 valence electrons. The number of ether oxygens (including phenoxy) is 1. The first-order valence-electron chi connectivity index (χ1n) is 3.95. The van der Waals surface area contributed by atoms with Gasteiger partial charge in [-0.25, -0.2) is 0 Å². The summed E-state index contributed by atoms with van der Waals surface area (Å²) in [5.74, 6) is 0. The maximum Gasteiger partial charge on any atom is 0.399 e. The molecule has 4 nitrogen and oxygen atoms in total. The molecule has 0 atom stereocenters. The highest BCUT2D eigenvalue weighted by Gasteiger charge is 2.13. The number of nitrogens with zero attached hydrogens (tertiary/aromatic N) is 2. The van der Waals surface area contributed by atoms with Gasteiger partial charge in [-0.2, -0.15) is 19.0 Å². The third-order valence-corrected chi connectivity index (χ3v) is 1.71. The Morgan fingerprint density at radius 1 is 1.47 bits per heavy atom. The van der Waals surface area contributed by atoms with Crippen LogP contribution in [0.2, 0.25) is 0 Å². The van der Waals surface area contributed by atoms with Crippen LogP contribution in [0.15, 0.2) is 22.6 Å². The molecular weight excluding hydrogens is 206 g/mol. The van der Waals surface area contributed by atoms with Crippen LogP contribution in [0.1, 0.15) is 5.56 Å². The molecule has 0 radical (unpaired) electrons. The predicted molar refractivity (Wildman–Crippen MR) is 45.4 cm³/mol. The number of benzene rings is 1. The van der Waals surface area contributed by atoms with E-state index < -0.39 is 12.7 Å². The van der Waals surface area contributed by atoms with E-state index in [1.807, 2.05) is 6.07 Å². The Bertz CT molecular complexity index is 530. The molecule has 0 saturated carbocycles. The SMILES string of the molecule is N#Cc1cccc2oc(OC(F)F)nc12. The lowest BCUT2D eigenvalue weighted by atomic mass is 10.2. The van der Waals surface area contributed by atoms with Gasteiger partial charge in [0.05, 0.1) is 5.56 Å². The molecule has 15 heavy (non-hydrogen) atoms. The van der Waals surface area contributed by atoms with Gasteiger partial charge in [0, 0.05) is 0 Å². The zero-order valence-electron chi connectivity index (χ0n) is 7.28. The van der Waals surface area contributed by atoms with Gasteiger partial charge in [0.2, 0.25) is 0 Å². The van der Waals surface area contributed by atoms with Crippen LogP contribution in [0.5, 0.6) is 6.08 Å². The van der Waals surface area contributed by atoms with Gasteiger partial charge in [-0.3, -0.25) is 0 Å². The molecule has 0 fully saturated rings. The number of fused-ring (bicyclic) bond motifs is 1. The molecule has 0 spiro atoms. The van der Waals surface area contributed by atoms with Crippen molar-refractivity contribution in [3.63, 3.8) is 0 Å². The highest BCUT2D eigenvalue weighted by Crippen LogP contribution is 2.23. The molecule has 1 aromatic heterocycles. The zero-order chi connectivity index (χ0) is 10.8. The third kappa shape index (κ3) is 1.72. The Morgan fingerprint density at radius 3 is 2.93 bits per heavy atom. The van der Waals surface area contributed by atoms with E-state index in [2.05, 4.69) is 9.72 Å². The lowest BCUT2D eigenvalue weighted by molar-refractivity contribution is -0.0664. The molecule has 0 bridgehead atoms. The number of para-hydroxylation sites is 1. The molecule has 0 aliphatic rings. The Hall–Kier alpha value is -2.16. The Balaban J connectivity index is 2.51. The molecule has 0 aliphatic carbocycles. The van der Waals surface area contributed by atoms with Gasteiger partial charge in [-0.05, 0) is 12.1 Å². The first-order chi connectivity index (χ1) is 7.20. The van der Waals surface area contributed by atoms with E-state index in [1.165, 1.54) is 12.1 Å². The smallest absolute Gasteiger partial charge is 0.399 e. The fourth-order valence-electron chi connectivity index (χ4n) is 1.15. The van der Waals surface area contributed by atoms with E-state index >= 15 is 0 Å². The lowest BCUT2D eigenvalue weighted by Gasteiger charge is -1.94. The second kappa shape index (κ2) is 3.53. The van der Waals surface area contributed by atoms with Crippen LogP contribution >= 0.6 is 0 Å². The van der Waals surface area contributed by atoms with E-state index in [9.17, 15) is 8.78 Å². The first kappa shape index (κ1) is 9.40. The number of hydrogen-bond donors (Lipinski definition) is 0. The molecule has 0 saturated heterocycles. The second-order valence-electron chi connectivity index (χ2n) is 2.62. The van der Waals surface area contributed by atoms with Crippen molar-refractivity contribution in [2.24, 2.45) is 0 Å². The topological polar surface area (TPSA) is 59.0 Å². The van der Waals surface area contributed by atoms with Gasteiger partial charge in [-0.15, -0.1) is 0 Å². The van der Waals surface area contributed by atoms with Crippen LogP contribution in [-0.2, 0) is 0 Å². The van der Waals surface area contributed by atoms with Gasteiger partial charge >= 0.3 is 12.7 Å². The van der Waals surface area contributed by atoms with Gasteiger partial charge in [-0.1, -0.05) is 6.07 Å². The van der Waals surface area contributed by atoms with Crippen LogP contribution in [0, 0.1) is 11.3 Å². The van der Waals surface area contributed by atoms with E-state index in [4.69, 9.17) is 9.68 Å². The van der Waals surface area contributed by atoms with Crippen molar-refractivity contribution >= 4 is 11.1 Å². The highest BCUT2D eigenvalue weighted by molar-refractivity contribution is 5.79. The summed E-state index contributed by atoms with van der Waals surface area (Å²) in [7, 11) is 0. The number of alkyl halides is 2. The summed E-state index contributed by atoms with van der Waals surface area (Å²) in [6, 6.07) is 6.47. The minimum absolute atomic E-state index is 0.218. The van der Waals surface area contributed by atoms with Crippen LogP contribution in [-0.4, -0.2) is 11.6 Å². The van der Waals surface area contributed by atoms with Crippen LogP contribution in [0.4, 0.5) is 8.78 Å². The summed E-state index contributed by atoms with van der Waals surface area (Å²) in [6.45, 7) is -3.00. The Kier molecular flexibility index (Phi) is 2.21. The van der Waals surface area contributed by atoms with Crippen molar-refractivity contribution in [1.82, 2.24) is 4.98 Å². The second-order valence-corrected chi connectivity index (χ2v) is 2.62.